The van der Waals surface area contributed by atoms with Gasteiger partial charge in [0.25, 0.3) is 5.91 Å². The zero-order valence-corrected chi connectivity index (χ0v) is 16.2. The molecule has 0 radical (unpaired) electrons. The van der Waals surface area contributed by atoms with Crippen molar-refractivity contribution in [2.45, 2.75) is 4.90 Å². The van der Waals surface area contributed by atoms with E-state index in [1.165, 1.54) is 26.0 Å². The van der Waals surface area contributed by atoms with Crippen LogP contribution in [-0.4, -0.2) is 44.4 Å². The number of benzene rings is 2. The van der Waals surface area contributed by atoms with Gasteiger partial charge in [0.15, 0.2) is 18.1 Å². The zero-order chi connectivity index (χ0) is 20.5. The van der Waals surface area contributed by atoms with Gasteiger partial charge in [-0.1, -0.05) is 12.1 Å². The summed E-state index contributed by atoms with van der Waals surface area (Å²) in [5, 5.41) is 2.75. The molecule has 3 N–H and O–H groups in total. The quantitative estimate of drug-likeness (QED) is 0.485. The summed E-state index contributed by atoms with van der Waals surface area (Å²) in [6.07, 6.45) is 0. The van der Waals surface area contributed by atoms with E-state index >= 15 is 0 Å². The molecule has 0 bridgehead atoms. The topological polar surface area (TPSA) is 117 Å². The molecule has 0 aliphatic rings. The maximum absolute atomic E-state index is 12.3. The summed E-state index contributed by atoms with van der Waals surface area (Å²) in [7, 11) is 3.03. The molecule has 0 spiro atoms. The van der Waals surface area contributed by atoms with Crippen LogP contribution in [0, 0.1) is 0 Å². The zero-order valence-electron chi connectivity index (χ0n) is 15.4. The lowest BCUT2D eigenvalue weighted by Gasteiger charge is -2.11. The summed E-state index contributed by atoms with van der Waals surface area (Å²) >= 11 is 1.17. The number of hydrogen-bond acceptors (Lipinski definition) is 7. The minimum Gasteiger partial charge on any atom is -0.493 e. The average molecular weight is 404 g/mol. The van der Waals surface area contributed by atoms with E-state index in [1.54, 1.807) is 42.5 Å². The number of nitrogens with one attached hydrogen (secondary N) is 1. The Morgan fingerprint density at radius 1 is 1.04 bits per heavy atom. The summed E-state index contributed by atoms with van der Waals surface area (Å²) < 4.78 is 15.2. The second-order valence-corrected chi connectivity index (χ2v) is 6.46. The molecule has 0 aliphatic heterocycles. The molecule has 0 saturated heterocycles. The summed E-state index contributed by atoms with van der Waals surface area (Å²) in [5.41, 5.74) is 5.79. The van der Waals surface area contributed by atoms with Crippen molar-refractivity contribution in [1.29, 1.82) is 0 Å². The molecule has 2 aromatic rings. The molecule has 0 saturated carbocycles. The maximum atomic E-state index is 12.3. The van der Waals surface area contributed by atoms with Gasteiger partial charge in [0.1, 0.15) is 0 Å². The minimum absolute atomic E-state index is 0.0639. The largest absolute Gasteiger partial charge is 0.493 e. The normalized spacial score (nSPS) is 10.1. The van der Waals surface area contributed by atoms with Gasteiger partial charge >= 0.3 is 5.97 Å². The third kappa shape index (κ3) is 5.92. The molecule has 0 heterocycles. The number of primary amides is 1. The standard InChI is InChI=1S/C19H20N2O6S/c1-25-14-8-7-12(9-15(14)26-2)21-18(23)11-28-16-6-4-3-5-13(16)19(24)27-10-17(20)22/h3-9H,10-11H2,1-2H3,(H2,20,22)(H,21,23). The molecule has 0 aromatic heterocycles. The fourth-order valence-corrected chi connectivity index (χ4v) is 3.07. The lowest BCUT2D eigenvalue weighted by molar-refractivity contribution is -0.121. The van der Waals surface area contributed by atoms with Gasteiger partial charge in [0.2, 0.25) is 5.91 Å². The predicted molar refractivity (Wildman–Crippen MR) is 105 cm³/mol. The molecule has 0 fully saturated rings. The highest BCUT2D eigenvalue weighted by atomic mass is 32.2. The van der Waals surface area contributed by atoms with Gasteiger partial charge < -0.3 is 25.3 Å². The van der Waals surface area contributed by atoms with E-state index in [1.807, 2.05) is 0 Å². The minimum atomic E-state index is -0.743. The molecule has 2 amide bonds. The van der Waals surface area contributed by atoms with Gasteiger partial charge in [0.05, 0.1) is 25.5 Å². The van der Waals surface area contributed by atoms with Gasteiger partial charge in [-0.2, -0.15) is 0 Å². The van der Waals surface area contributed by atoms with Gasteiger partial charge in [-0.05, 0) is 24.3 Å². The Hall–Kier alpha value is -3.20. The summed E-state index contributed by atoms with van der Waals surface area (Å²) in [4.78, 5) is 35.6. The van der Waals surface area contributed by atoms with Crippen molar-refractivity contribution >= 4 is 35.2 Å². The Morgan fingerprint density at radius 2 is 1.75 bits per heavy atom. The van der Waals surface area contributed by atoms with Crippen LogP contribution in [0.3, 0.4) is 0 Å². The molecule has 0 atom stereocenters. The molecule has 2 rings (SSSR count). The van der Waals surface area contributed by atoms with Crippen molar-refractivity contribution in [3.05, 3.63) is 48.0 Å². The van der Waals surface area contributed by atoms with E-state index in [-0.39, 0.29) is 17.2 Å². The number of rotatable bonds is 9. The number of ether oxygens (including phenoxy) is 3. The Kier molecular flexibility index (Phi) is 7.70. The predicted octanol–water partition coefficient (Wildman–Crippen LogP) is 2.08. The van der Waals surface area contributed by atoms with Crippen LogP contribution in [0.5, 0.6) is 11.5 Å². The molecule has 0 unspecified atom stereocenters. The number of thioether (sulfide) groups is 1. The van der Waals surface area contributed by atoms with Crippen LogP contribution in [0.15, 0.2) is 47.4 Å². The highest BCUT2D eigenvalue weighted by molar-refractivity contribution is 8.00. The number of methoxy groups -OCH3 is 2. The van der Waals surface area contributed by atoms with E-state index in [4.69, 9.17) is 19.9 Å². The van der Waals surface area contributed by atoms with Gasteiger partial charge in [-0.3, -0.25) is 9.59 Å². The number of nitrogens with two attached hydrogens (primary N) is 1. The fraction of sp³-hybridized carbons (Fsp3) is 0.211. The molecule has 2 aromatic carbocycles. The van der Waals surface area contributed by atoms with Crippen molar-refractivity contribution in [3.8, 4) is 11.5 Å². The summed E-state index contributed by atoms with van der Waals surface area (Å²) in [6.45, 7) is -0.502. The summed E-state index contributed by atoms with van der Waals surface area (Å²) in [6, 6.07) is 11.7. The van der Waals surface area contributed by atoms with Crippen LogP contribution in [0.2, 0.25) is 0 Å². The van der Waals surface area contributed by atoms with Crippen LogP contribution >= 0.6 is 11.8 Å². The molecule has 9 heteroatoms. The molecular weight excluding hydrogens is 384 g/mol. The monoisotopic (exact) mass is 404 g/mol. The second-order valence-electron chi connectivity index (χ2n) is 5.45. The Morgan fingerprint density at radius 3 is 2.43 bits per heavy atom. The number of hydrogen-bond donors (Lipinski definition) is 2. The Labute approximate surface area is 166 Å². The summed E-state index contributed by atoms with van der Waals surface area (Å²) in [5.74, 6) is -0.574. The maximum Gasteiger partial charge on any atom is 0.339 e. The molecule has 28 heavy (non-hydrogen) atoms. The molecular formula is C19H20N2O6S. The van der Waals surface area contributed by atoms with Gasteiger partial charge in [0, 0.05) is 16.6 Å². The number of esters is 1. The van der Waals surface area contributed by atoms with Crippen LogP contribution < -0.4 is 20.5 Å². The number of carbonyl (C=O) groups is 3. The van der Waals surface area contributed by atoms with E-state index in [2.05, 4.69) is 5.32 Å². The highest BCUT2D eigenvalue weighted by Gasteiger charge is 2.15. The van der Waals surface area contributed by atoms with E-state index < -0.39 is 18.5 Å². The van der Waals surface area contributed by atoms with Crippen molar-refractivity contribution in [2.24, 2.45) is 5.73 Å². The first-order valence-corrected chi connectivity index (χ1v) is 9.12. The van der Waals surface area contributed by atoms with Crippen LogP contribution in [0.4, 0.5) is 5.69 Å². The van der Waals surface area contributed by atoms with Gasteiger partial charge in [-0.25, -0.2) is 4.79 Å². The van der Waals surface area contributed by atoms with Crippen molar-refractivity contribution in [2.75, 3.05) is 31.9 Å². The lowest BCUT2D eigenvalue weighted by Crippen LogP contribution is -2.21. The van der Waals surface area contributed by atoms with Crippen LogP contribution in [-0.2, 0) is 14.3 Å². The second kappa shape index (κ2) is 10.2. The SMILES string of the molecule is COc1ccc(NC(=O)CSc2ccccc2C(=O)OCC(N)=O)cc1OC. The van der Waals surface area contributed by atoms with E-state index in [0.717, 1.165) is 0 Å². The molecule has 8 nitrogen and oxygen atoms in total. The molecule has 0 aliphatic carbocycles. The van der Waals surface area contributed by atoms with E-state index in [9.17, 15) is 14.4 Å². The van der Waals surface area contributed by atoms with Crippen LogP contribution in [0.25, 0.3) is 0 Å². The number of carbonyl (C=O) groups excluding carboxylic acids is 3. The fourth-order valence-electron chi connectivity index (χ4n) is 2.23. The first kappa shape index (κ1) is 21.1. The third-order valence-corrected chi connectivity index (χ3v) is 4.55. The first-order valence-electron chi connectivity index (χ1n) is 8.13. The van der Waals surface area contributed by atoms with Crippen molar-refractivity contribution in [3.63, 3.8) is 0 Å². The van der Waals surface area contributed by atoms with E-state index in [0.29, 0.717) is 22.1 Å². The first-order chi connectivity index (χ1) is 13.4. The Balaban J connectivity index is 1.99. The Bertz CT molecular complexity index is 871. The number of anilines is 1. The van der Waals surface area contributed by atoms with Crippen molar-refractivity contribution in [1.82, 2.24) is 0 Å². The smallest absolute Gasteiger partial charge is 0.339 e. The lowest BCUT2D eigenvalue weighted by atomic mass is 10.2. The van der Waals surface area contributed by atoms with Crippen molar-refractivity contribution < 1.29 is 28.6 Å². The average Bonchev–Trinajstić information content (AvgIpc) is 2.70. The number of amides is 2. The molecule has 148 valence electrons. The van der Waals surface area contributed by atoms with Gasteiger partial charge in [-0.15, -0.1) is 11.8 Å². The third-order valence-electron chi connectivity index (χ3n) is 3.48. The van der Waals surface area contributed by atoms with Crippen LogP contribution in [0.1, 0.15) is 10.4 Å². The highest BCUT2D eigenvalue weighted by Crippen LogP contribution is 2.30.